The minimum Gasteiger partial charge on any atom is -0.310 e. The second kappa shape index (κ2) is 12.7. The minimum atomic E-state index is 1.11. The molecule has 0 aliphatic heterocycles. The van der Waals surface area contributed by atoms with Gasteiger partial charge in [-0.15, -0.1) is 11.3 Å². The van der Waals surface area contributed by atoms with Crippen LogP contribution in [0.25, 0.3) is 75.1 Å². The molecule has 2 heteroatoms. The zero-order valence-corrected chi connectivity index (χ0v) is 29.2. The van der Waals surface area contributed by atoms with Crippen molar-refractivity contribution in [2.75, 3.05) is 4.90 Å². The van der Waals surface area contributed by atoms with Gasteiger partial charge in [-0.2, -0.15) is 0 Å². The largest absolute Gasteiger partial charge is 0.310 e. The van der Waals surface area contributed by atoms with Crippen LogP contribution in [0.2, 0.25) is 0 Å². The first-order valence-electron chi connectivity index (χ1n) is 17.8. The molecular weight excluding hydrogens is 647 g/mol. The van der Waals surface area contributed by atoms with Gasteiger partial charge in [0.15, 0.2) is 0 Å². The number of nitrogens with zero attached hydrogens (tertiary/aromatic N) is 1. The van der Waals surface area contributed by atoms with E-state index in [9.17, 15) is 0 Å². The molecule has 52 heavy (non-hydrogen) atoms. The Morgan fingerprint density at radius 2 is 0.865 bits per heavy atom. The van der Waals surface area contributed by atoms with Crippen LogP contribution in [-0.2, 0) is 0 Å². The molecule has 0 saturated carbocycles. The predicted molar refractivity (Wildman–Crippen MR) is 225 cm³/mol. The molecule has 0 saturated heterocycles. The van der Waals surface area contributed by atoms with Crippen LogP contribution in [0, 0.1) is 0 Å². The second-order valence-corrected chi connectivity index (χ2v) is 14.4. The lowest BCUT2D eigenvalue weighted by molar-refractivity contribution is 1.28. The van der Waals surface area contributed by atoms with Crippen molar-refractivity contribution in [2.24, 2.45) is 0 Å². The fourth-order valence-electron chi connectivity index (χ4n) is 7.71. The summed E-state index contributed by atoms with van der Waals surface area (Å²) >= 11 is 1.86. The molecule has 0 unspecified atom stereocenters. The standard InChI is InChI=1S/C50H33NS/c1-2-12-38-32-40(23-22-34(38)10-1)39-14-7-15-43(33-39)51(41-28-24-36(25-29-41)45-18-8-13-35-11-3-4-16-44(35)45)42-30-26-37(27-31-42)46-19-9-21-49-50(46)47-17-5-6-20-48(47)52-49/h1-33H. The molecule has 0 spiro atoms. The summed E-state index contributed by atoms with van der Waals surface area (Å²) in [5.41, 5.74) is 10.7. The summed E-state index contributed by atoms with van der Waals surface area (Å²) in [5, 5.41) is 7.67. The Morgan fingerprint density at radius 1 is 0.308 bits per heavy atom. The van der Waals surface area contributed by atoms with E-state index in [1.54, 1.807) is 0 Å². The number of anilines is 3. The van der Waals surface area contributed by atoms with Crippen LogP contribution in [-0.4, -0.2) is 0 Å². The third kappa shape index (κ3) is 5.33. The number of hydrogen-bond donors (Lipinski definition) is 0. The molecular formula is C50H33NS. The van der Waals surface area contributed by atoms with E-state index >= 15 is 0 Å². The average Bonchev–Trinajstić information content (AvgIpc) is 3.60. The molecule has 244 valence electrons. The summed E-state index contributed by atoms with van der Waals surface area (Å²) in [5.74, 6) is 0. The van der Waals surface area contributed by atoms with Gasteiger partial charge in [-0.25, -0.2) is 0 Å². The fraction of sp³-hybridized carbons (Fsp3) is 0. The molecule has 0 bridgehead atoms. The smallest absolute Gasteiger partial charge is 0.0467 e. The first-order chi connectivity index (χ1) is 25.8. The maximum Gasteiger partial charge on any atom is 0.0467 e. The van der Waals surface area contributed by atoms with Crippen molar-refractivity contribution >= 4 is 70.1 Å². The van der Waals surface area contributed by atoms with Gasteiger partial charge in [0.2, 0.25) is 0 Å². The van der Waals surface area contributed by atoms with E-state index in [-0.39, 0.29) is 0 Å². The lowest BCUT2D eigenvalue weighted by Gasteiger charge is -2.26. The van der Waals surface area contributed by atoms with Gasteiger partial charge in [-0.3, -0.25) is 0 Å². The number of rotatable bonds is 6. The molecule has 10 rings (SSSR count). The summed E-state index contributed by atoms with van der Waals surface area (Å²) in [4.78, 5) is 2.38. The molecule has 1 aromatic heterocycles. The molecule has 0 atom stereocenters. The van der Waals surface area contributed by atoms with Crippen LogP contribution < -0.4 is 4.90 Å². The first-order valence-corrected chi connectivity index (χ1v) is 18.6. The number of benzene rings is 9. The van der Waals surface area contributed by atoms with E-state index in [0.29, 0.717) is 0 Å². The molecule has 0 radical (unpaired) electrons. The predicted octanol–water partition coefficient (Wildman–Crippen LogP) is 14.8. The Kier molecular flexibility index (Phi) is 7.41. The molecule has 0 amide bonds. The van der Waals surface area contributed by atoms with Gasteiger partial charge < -0.3 is 4.90 Å². The van der Waals surface area contributed by atoms with Crippen molar-refractivity contribution in [1.82, 2.24) is 0 Å². The Bertz CT molecular complexity index is 2890. The second-order valence-electron chi connectivity index (χ2n) is 13.3. The topological polar surface area (TPSA) is 3.24 Å². The van der Waals surface area contributed by atoms with Crippen LogP contribution in [0.3, 0.4) is 0 Å². The lowest BCUT2D eigenvalue weighted by Crippen LogP contribution is -2.10. The van der Waals surface area contributed by atoms with Gasteiger partial charge in [-0.1, -0.05) is 146 Å². The molecule has 0 aliphatic carbocycles. The lowest BCUT2D eigenvalue weighted by atomic mass is 9.97. The summed E-state index contributed by atoms with van der Waals surface area (Å²) in [6.45, 7) is 0. The normalized spacial score (nSPS) is 11.5. The van der Waals surface area contributed by atoms with Gasteiger partial charge >= 0.3 is 0 Å². The Morgan fingerprint density at radius 3 is 1.67 bits per heavy atom. The van der Waals surface area contributed by atoms with Crippen LogP contribution in [0.5, 0.6) is 0 Å². The Balaban J connectivity index is 1.09. The molecule has 1 nitrogen and oxygen atoms in total. The quantitative estimate of drug-likeness (QED) is 0.169. The van der Waals surface area contributed by atoms with Gasteiger partial charge in [-0.05, 0) is 110 Å². The van der Waals surface area contributed by atoms with E-state index in [0.717, 1.165) is 17.1 Å². The molecule has 1 heterocycles. The van der Waals surface area contributed by atoms with E-state index in [2.05, 4.69) is 205 Å². The van der Waals surface area contributed by atoms with Crippen molar-refractivity contribution in [3.05, 3.63) is 200 Å². The Labute approximate surface area is 307 Å². The zero-order chi connectivity index (χ0) is 34.4. The van der Waals surface area contributed by atoms with E-state index in [1.165, 1.54) is 75.1 Å². The third-order valence-corrected chi connectivity index (χ3v) is 11.4. The first kappa shape index (κ1) is 30.4. The number of fused-ring (bicyclic) bond motifs is 5. The zero-order valence-electron chi connectivity index (χ0n) is 28.4. The number of thiophene rings is 1. The summed E-state index contributed by atoms with van der Waals surface area (Å²) < 4.78 is 2.65. The summed E-state index contributed by atoms with van der Waals surface area (Å²) in [6, 6.07) is 72.9. The highest BCUT2D eigenvalue weighted by Crippen LogP contribution is 2.42. The molecule has 0 aliphatic rings. The van der Waals surface area contributed by atoms with Gasteiger partial charge in [0.25, 0.3) is 0 Å². The Hall–Kier alpha value is -6.48. The molecule has 10 aromatic rings. The highest BCUT2D eigenvalue weighted by molar-refractivity contribution is 7.25. The van der Waals surface area contributed by atoms with Crippen molar-refractivity contribution in [3.8, 4) is 33.4 Å². The average molecular weight is 680 g/mol. The van der Waals surface area contributed by atoms with Crippen molar-refractivity contribution in [3.63, 3.8) is 0 Å². The van der Waals surface area contributed by atoms with E-state index in [4.69, 9.17) is 0 Å². The molecule has 0 fully saturated rings. The van der Waals surface area contributed by atoms with Crippen molar-refractivity contribution in [1.29, 1.82) is 0 Å². The van der Waals surface area contributed by atoms with Gasteiger partial charge in [0.05, 0.1) is 0 Å². The van der Waals surface area contributed by atoms with Crippen LogP contribution in [0.4, 0.5) is 17.1 Å². The van der Waals surface area contributed by atoms with Crippen LogP contribution >= 0.6 is 11.3 Å². The monoisotopic (exact) mass is 679 g/mol. The highest BCUT2D eigenvalue weighted by Gasteiger charge is 2.16. The van der Waals surface area contributed by atoms with E-state index < -0.39 is 0 Å². The SMILES string of the molecule is c1cc(-c2ccc3ccccc3c2)cc(N(c2ccc(-c3cccc4ccccc34)cc2)c2ccc(-c3cccc4sc5ccccc5c34)cc2)c1. The van der Waals surface area contributed by atoms with Gasteiger partial charge in [0, 0.05) is 37.2 Å². The summed E-state index contributed by atoms with van der Waals surface area (Å²) in [6.07, 6.45) is 0. The molecule has 9 aromatic carbocycles. The maximum atomic E-state index is 2.38. The van der Waals surface area contributed by atoms with Crippen LogP contribution in [0.1, 0.15) is 0 Å². The fourth-order valence-corrected chi connectivity index (χ4v) is 8.85. The highest BCUT2D eigenvalue weighted by atomic mass is 32.1. The van der Waals surface area contributed by atoms with Crippen molar-refractivity contribution in [2.45, 2.75) is 0 Å². The minimum absolute atomic E-state index is 1.11. The number of hydrogen-bond acceptors (Lipinski definition) is 2. The molecule has 0 N–H and O–H groups in total. The summed E-state index contributed by atoms with van der Waals surface area (Å²) in [7, 11) is 0. The van der Waals surface area contributed by atoms with Gasteiger partial charge in [0.1, 0.15) is 0 Å². The maximum absolute atomic E-state index is 2.38. The third-order valence-electron chi connectivity index (χ3n) is 10.3. The van der Waals surface area contributed by atoms with Crippen molar-refractivity contribution < 1.29 is 0 Å². The van der Waals surface area contributed by atoms with E-state index in [1.807, 2.05) is 11.3 Å². The van der Waals surface area contributed by atoms with Crippen LogP contribution in [0.15, 0.2) is 200 Å².